The normalized spacial score (nSPS) is 21.1. The molecule has 19 heavy (non-hydrogen) atoms. The number of benzene rings is 1. The fourth-order valence-electron chi connectivity index (χ4n) is 2.75. The van der Waals surface area contributed by atoms with Crippen LogP contribution in [-0.2, 0) is 11.3 Å². The number of aromatic nitrogens is 2. The van der Waals surface area contributed by atoms with Crippen LogP contribution in [0.5, 0.6) is 0 Å². The van der Waals surface area contributed by atoms with Crippen molar-refractivity contribution in [3.05, 3.63) is 30.1 Å². The molecule has 1 aromatic carbocycles. The minimum absolute atomic E-state index is 0.191. The maximum atomic E-state index is 5.84. The van der Waals surface area contributed by atoms with Gasteiger partial charge in [0.25, 0.3) is 0 Å². The van der Waals surface area contributed by atoms with E-state index in [1.165, 1.54) is 11.9 Å². The second-order valence-electron chi connectivity index (χ2n) is 5.58. The Morgan fingerprint density at radius 1 is 1.42 bits per heavy atom. The van der Waals surface area contributed by atoms with Gasteiger partial charge in [0.2, 0.25) is 0 Å². The molecule has 1 aromatic heterocycles. The lowest BCUT2D eigenvalue weighted by atomic mass is 10.1. The zero-order valence-corrected chi connectivity index (χ0v) is 11.8. The SMILES string of the molecule is CCC(C)Cn1c(C2CCCO2)nc2ccccc21. The van der Waals surface area contributed by atoms with E-state index in [2.05, 4.69) is 42.7 Å². The van der Waals surface area contributed by atoms with E-state index in [4.69, 9.17) is 9.72 Å². The van der Waals surface area contributed by atoms with Crippen LogP contribution in [0.15, 0.2) is 24.3 Å². The maximum absolute atomic E-state index is 5.84. The number of para-hydroxylation sites is 2. The molecule has 0 amide bonds. The average Bonchev–Trinajstić information content (AvgIpc) is 3.06. The molecule has 0 saturated carbocycles. The molecule has 2 aromatic rings. The van der Waals surface area contributed by atoms with E-state index in [1.54, 1.807) is 0 Å². The first-order valence-corrected chi connectivity index (χ1v) is 7.36. The molecule has 3 rings (SSSR count). The molecule has 102 valence electrons. The summed E-state index contributed by atoms with van der Waals surface area (Å²) >= 11 is 0. The Kier molecular flexibility index (Phi) is 3.56. The van der Waals surface area contributed by atoms with Crippen LogP contribution in [0.25, 0.3) is 11.0 Å². The van der Waals surface area contributed by atoms with Gasteiger partial charge < -0.3 is 9.30 Å². The Morgan fingerprint density at radius 2 is 2.26 bits per heavy atom. The Balaban J connectivity index is 2.05. The molecule has 1 aliphatic heterocycles. The summed E-state index contributed by atoms with van der Waals surface area (Å²) in [5.41, 5.74) is 2.34. The minimum atomic E-state index is 0.191. The lowest BCUT2D eigenvalue weighted by Crippen LogP contribution is -2.13. The summed E-state index contributed by atoms with van der Waals surface area (Å²) < 4.78 is 8.22. The molecule has 3 nitrogen and oxygen atoms in total. The van der Waals surface area contributed by atoms with Gasteiger partial charge in [-0.15, -0.1) is 0 Å². The van der Waals surface area contributed by atoms with E-state index in [1.807, 2.05) is 0 Å². The molecular formula is C16H22N2O. The Morgan fingerprint density at radius 3 is 3.00 bits per heavy atom. The second-order valence-corrected chi connectivity index (χ2v) is 5.58. The zero-order valence-electron chi connectivity index (χ0n) is 11.8. The highest BCUT2D eigenvalue weighted by atomic mass is 16.5. The van der Waals surface area contributed by atoms with Crippen LogP contribution in [0.2, 0.25) is 0 Å². The van der Waals surface area contributed by atoms with Crippen molar-refractivity contribution in [1.29, 1.82) is 0 Å². The molecule has 3 heteroatoms. The monoisotopic (exact) mass is 258 g/mol. The number of ether oxygens (including phenoxy) is 1. The quantitative estimate of drug-likeness (QED) is 0.830. The van der Waals surface area contributed by atoms with Crippen LogP contribution in [0.3, 0.4) is 0 Å². The van der Waals surface area contributed by atoms with Gasteiger partial charge in [-0.1, -0.05) is 32.4 Å². The predicted molar refractivity (Wildman–Crippen MR) is 77.1 cm³/mol. The third kappa shape index (κ3) is 2.39. The Bertz CT molecular complexity index is 555. The standard InChI is InChI=1S/C16H22N2O/c1-3-12(2)11-18-14-8-5-4-7-13(14)17-16(18)15-9-6-10-19-15/h4-5,7-8,12,15H,3,6,9-11H2,1-2H3. The molecule has 1 aliphatic rings. The summed E-state index contributed by atoms with van der Waals surface area (Å²) in [5.74, 6) is 1.79. The molecule has 2 atom stereocenters. The van der Waals surface area contributed by atoms with Gasteiger partial charge in [-0.2, -0.15) is 0 Å². The molecular weight excluding hydrogens is 236 g/mol. The topological polar surface area (TPSA) is 27.1 Å². The first-order valence-electron chi connectivity index (χ1n) is 7.36. The highest BCUT2D eigenvalue weighted by molar-refractivity contribution is 5.76. The van der Waals surface area contributed by atoms with Crippen LogP contribution < -0.4 is 0 Å². The minimum Gasteiger partial charge on any atom is -0.370 e. The van der Waals surface area contributed by atoms with Crippen molar-refractivity contribution in [2.75, 3.05) is 6.61 Å². The molecule has 1 saturated heterocycles. The summed E-state index contributed by atoms with van der Waals surface area (Å²) in [4.78, 5) is 4.82. The number of fused-ring (bicyclic) bond motifs is 1. The van der Waals surface area contributed by atoms with E-state index in [0.29, 0.717) is 5.92 Å². The van der Waals surface area contributed by atoms with E-state index in [-0.39, 0.29) is 6.10 Å². The third-order valence-corrected chi connectivity index (χ3v) is 4.09. The van der Waals surface area contributed by atoms with Crippen LogP contribution in [-0.4, -0.2) is 16.2 Å². The van der Waals surface area contributed by atoms with Gasteiger partial charge in [-0.25, -0.2) is 4.98 Å². The van der Waals surface area contributed by atoms with Crippen LogP contribution >= 0.6 is 0 Å². The largest absolute Gasteiger partial charge is 0.370 e. The van der Waals surface area contributed by atoms with Crippen molar-refractivity contribution in [2.45, 2.75) is 45.8 Å². The zero-order chi connectivity index (χ0) is 13.2. The van der Waals surface area contributed by atoms with Crippen molar-refractivity contribution in [2.24, 2.45) is 5.92 Å². The number of hydrogen-bond acceptors (Lipinski definition) is 2. The lowest BCUT2D eigenvalue weighted by Gasteiger charge is -2.16. The van der Waals surface area contributed by atoms with Gasteiger partial charge >= 0.3 is 0 Å². The lowest BCUT2D eigenvalue weighted by molar-refractivity contribution is 0.101. The van der Waals surface area contributed by atoms with E-state index >= 15 is 0 Å². The fourth-order valence-corrected chi connectivity index (χ4v) is 2.75. The average molecular weight is 258 g/mol. The molecule has 0 radical (unpaired) electrons. The van der Waals surface area contributed by atoms with E-state index in [0.717, 1.165) is 37.3 Å². The maximum Gasteiger partial charge on any atom is 0.139 e. The van der Waals surface area contributed by atoms with Gasteiger partial charge in [-0.3, -0.25) is 0 Å². The first kappa shape index (κ1) is 12.7. The number of rotatable bonds is 4. The summed E-state index contributed by atoms with van der Waals surface area (Å²) in [6.45, 7) is 6.45. The third-order valence-electron chi connectivity index (χ3n) is 4.09. The van der Waals surface area contributed by atoms with Crippen LogP contribution in [0.1, 0.15) is 45.0 Å². The summed E-state index contributed by atoms with van der Waals surface area (Å²) in [7, 11) is 0. The fraction of sp³-hybridized carbons (Fsp3) is 0.562. The van der Waals surface area contributed by atoms with Crippen LogP contribution in [0.4, 0.5) is 0 Å². The van der Waals surface area contributed by atoms with Crippen molar-refractivity contribution in [3.8, 4) is 0 Å². The molecule has 2 heterocycles. The van der Waals surface area contributed by atoms with E-state index < -0.39 is 0 Å². The van der Waals surface area contributed by atoms with Crippen molar-refractivity contribution < 1.29 is 4.74 Å². The van der Waals surface area contributed by atoms with Gasteiger partial charge in [0.15, 0.2) is 0 Å². The Labute approximate surface area is 114 Å². The number of nitrogens with zero attached hydrogens (tertiary/aromatic N) is 2. The van der Waals surface area contributed by atoms with Gasteiger partial charge in [0.05, 0.1) is 11.0 Å². The molecule has 2 unspecified atom stereocenters. The summed E-state index contributed by atoms with van der Waals surface area (Å²) in [6.07, 6.45) is 3.63. The molecule has 0 aliphatic carbocycles. The highest BCUT2D eigenvalue weighted by Gasteiger charge is 2.24. The molecule has 1 fully saturated rings. The van der Waals surface area contributed by atoms with Crippen molar-refractivity contribution in [1.82, 2.24) is 9.55 Å². The van der Waals surface area contributed by atoms with E-state index in [9.17, 15) is 0 Å². The van der Waals surface area contributed by atoms with Gasteiger partial charge in [0, 0.05) is 13.2 Å². The number of imidazole rings is 1. The second kappa shape index (κ2) is 5.33. The highest BCUT2D eigenvalue weighted by Crippen LogP contribution is 2.31. The summed E-state index contributed by atoms with van der Waals surface area (Å²) in [6, 6.07) is 8.42. The number of hydrogen-bond donors (Lipinski definition) is 0. The molecule has 0 bridgehead atoms. The van der Waals surface area contributed by atoms with Crippen molar-refractivity contribution in [3.63, 3.8) is 0 Å². The smallest absolute Gasteiger partial charge is 0.139 e. The van der Waals surface area contributed by atoms with Gasteiger partial charge in [-0.05, 0) is 30.9 Å². The first-order chi connectivity index (χ1) is 9.29. The van der Waals surface area contributed by atoms with Gasteiger partial charge in [0.1, 0.15) is 11.9 Å². The molecule has 0 N–H and O–H groups in total. The van der Waals surface area contributed by atoms with Crippen LogP contribution in [0, 0.1) is 5.92 Å². The van der Waals surface area contributed by atoms with Crippen molar-refractivity contribution >= 4 is 11.0 Å². The molecule has 0 spiro atoms. The summed E-state index contributed by atoms with van der Waals surface area (Å²) in [5, 5.41) is 0. The Hall–Kier alpha value is -1.35. The predicted octanol–water partition coefficient (Wildman–Crippen LogP) is 3.93.